The number of benzene rings is 2. The highest BCUT2D eigenvalue weighted by molar-refractivity contribution is 7.91. The monoisotopic (exact) mass is 483 g/mol. The number of thiazole rings is 1. The lowest BCUT2D eigenvalue weighted by atomic mass is 10.2. The molecule has 1 saturated heterocycles. The Kier molecular flexibility index (Phi) is 5.89. The summed E-state index contributed by atoms with van der Waals surface area (Å²) in [6.07, 6.45) is -4.41. The first-order chi connectivity index (χ1) is 15.1. The van der Waals surface area contributed by atoms with E-state index in [1.807, 2.05) is 4.90 Å². The van der Waals surface area contributed by atoms with Gasteiger partial charge in [-0.2, -0.15) is 13.2 Å². The number of halogens is 3. The molecule has 1 fully saturated rings. The number of rotatable bonds is 4. The van der Waals surface area contributed by atoms with Gasteiger partial charge in [-0.1, -0.05) is 30.4 Å². The molecule has 6 nitrogen and oxygen atoms in total. The van der Waals surface area contributed by atoms with Crippen molar-refractivity contribution in [3.8, 4) is 0 Å². The predicted molar refractivity (Wildman–Crippen MR) is 117 cm³/mol. The second kappa shape index (κ2) is 8.36. The number of sulfone groups is 1. The van der Waals surface area contributed by atoms with E-state index in [1.54, 1.807) is 17.0 Å². The molecule has 2 aromatic carbocycles. The fraction of sp³-hybridized carbons (Fsp3) is 0.333. The average Bonchev–Trinajstić information content (AvgIpc) is 3.21. The Labute approximate surface area is 187 Å². The van der Waals surface area contributed by atoms with Crippen molar-refractivity contribution in [1.29, 1.82) is 0 Å². The van der Waals surface area contributed by atoms with E-state index in [4.69, 9.17) is 0 Å². The van der Waals surface area contributed by atoms with Gasteiger partial charge in [0.05, 0.1) is 32.0 Å². The minimum absolute atomic E-state index is 0.0292. The van der Waals surface area contributed by atoms with Gasteiger partial charge in [0.2, 0.25) is 0 Å². The van der Waals surface area contributed by atoms with Crippen LogP contribution in [0.4, 0.5) is 18.3 Å². The van der Waals surface area contributed by atoms with Crippen LogP contribution >= 0.6 is 11.3 Å². The third kappa shape index (κ3) is 4.31. The number of carbonyl (C=O) groups is 1. The Morgan fingerprint density at radius 2 is 1.78 bits per heavy atom. The van der Waals surface area contributed by atoms with Crippen molar-refractivity contribution < 1.29 is 26.4 Å². The molecule has 0 N–H and O–H groups in total. The minimum atomic E-state index is -4.41. The van der Waals surface area contributed by atoms with Gasteiger partial charge in [0.25, 0.3) is 5.91 Å². The molecule has 1 amide bonds. The van der Waals surface area contributed by atoms with Crippen molar-refractivity contribution in [1.82, 2.24) is 9.88 Å². The van der Waals surface area contributed by atoms with Crippen molar-refractivity contribution in [3.63, 3.8) is 0 Å². The van der Waals surface area contributed by atoms with Gasteiger partial charge in [-0.15, -0.1) is 0 Å². The summed E-state index contributed by atoms with van der Waals surface area (Å²) in [5.41, 5.74) is -0.0611. The lowest BCUT2D eigenvalue weighted by molar-refractivity contribution is -0.137. The molecule has 170 valence electrons. The number of fused-ring (bicyclic) bond motifs is 1. The lowest BCUT2D eigenvalue weighted by Crippen LogP contribution is -2.49. The molecule has 2 heterocycles. The quantitative estimate of drug-likeness (QED) is 0.560. The van der Waals surface area contributed by atoms with Crippen molar-refractivity contribution >= 4 is 42.4 Å². The molecule has 0 bridgehead atoms. The summed E-state index contributed by atoms with van der Waals surface area (Å²) in [7, 11) is -3.54. The molecule has 4 rings (SSSR count). The number of alkyl halides is 3. The fourth-order valence-corrected chi connectivity index (χ4v) is 5.71. The lowest BCUT2D eigenvalue weighted by Gasteiger charge is -2.34. The number of nitrogens with zero attached hydrogens (tertiary/aromatic N) is 3. The third-order valence-electron chi connectivity index (χ3n) is 5.37. The van der Waals surface area contributed by atoms with Crippen LogP contribution in [0.1, 0.15) is 22.8 Å². The van der Waals surface area contributed by atoms with E-state index >= 15 is 0 Å². The second-order valence-electron chi connectivity index (χ2n) is 7.36. The summed E-state index contributed by atoms with van der Waals surface area (Å²) in [5, 5.41) is 0.598. The molecule has 0 radical (unpaired) electrons. The summed E-state index contributed by atoms with van der Waals surface area (Å²) in [6, 6.07) is 9.67. The van der Waals surface area contributed by atoms with E-state index in [1.165, 1.54) is 36.5 Å². The summed E-state index contributed by atoms with van der Waals surface area (Å²) in [4.78, 5) is 21.0. The number of anilines is 1. The Bertz CT molecular complexity index is 1260. The molecular weight excluding hydrogens is 463 g/mol. The largest absolute Gasteiger partial charge is 0.416 e. The van der Waals surface area contributed by atoms with Crippen LogP contribution in [0, 0.1) is 0 Å². The Morgan fingerprint density at radius 1 is 1.09 bits per heavy atom. The first-order valence-electron chi connectivity index (χ1n) is 9.94. The van der Waals surface area contributed by atoms with Crippen LogP contribution in [0.3, 0.4) is 0 Å². The zero-order valence-electron chi connectivity index (χ0n) is 17.1. The smallest absolute Gasteiger partial charge is 0.345 e. The number of hydrogen-bond donors (Lipinski definition) is 0. The predicted octanol–water partition coefficient (Wildman–Crippen LogP) is 4.07. The molecule has 0 unspecified atom stereocenters. The molecule has 1 aliphatic rings. The van der Waals surface area contributed by atoms with Crippen LogP contribution in [0.15, 0.2) is 47.4 Å². The first kappa shape index (κ1) is 22.5. The van der Waals surface area contributed by atoms with E-state index in [2.05, 4.69) is 4.98 Å². The van der Waals surface area contributed by atoms with E-state index in [0.717, 1.165) is 12.1 Å². The maximum Gasteiger partial charge on any atom is 0.416 e. The highest BCUT2D eigenvalue weighted by atomic mass is 32.2. The molecule has 1 aliphatic heterocycles. The SMILES string of the molecule is CCS(=O)(=O)c1ccccc1C(=O)N1CCN(c2nc3ccc(C(F)(F)F)cc3s2)CC1. The number of piperazine rings is 1. The molecule has 0 saturated carbocycles. The normalized spacial score (nSPS) is 15.4. The summed E-state index contributed by atoms with van der Waals surface area (Å²) >= 11 is 1.18. The van der Waals surface area contributed by atoms with Gasteiger partial charge in [-0.05, 0) is 30.3 Å². The number of hydrogen-bond acceptors (Lipinski definition) is 6. The molecule has 0 atom stereocenters. The van der Waals surface area contributed by atoms with Crippen molar-refractivity contribution in [2.24, 2.45) is 0 Å². The van der Waals surface area contributed by atoms with Gasteiger partial charge < -0.3 is 9.80 Å². The zero-order valence-corrected chi connectivity index (χ0v) is 18.7. The van der Waals surface area contributed by atoms with Crippen LogP contribution < -0.4 is 4.90 Å². The maximum atomic E-state index is 13.0. The van der Waals surface area contributed by atoms with E-state index in [-0.39, 0.29) is 22.1 Å². The third-order valence-corrected chi connectivity index (χ3v) is 8.24. The van der Waals surface area contributed by atoms with Crippen molar-refractivity contribution in [3.05, 3.63) is 53.6 Å². The Balaban J connectivity index is 1.50. The van der Waals surface area contributed by atoms with Crippen molar-refractivity contribution in [2.75, 3.05) is 36.8 Å². The summed E-state index contributed by atoms with van der Waals surface area (Å²) in [5.74, 6) is -0.449. The molecule has 1 aromatic heterocycles. The molecule has 32 heavy (non-hydrogen) atoms. The highest BCUT2D eigenvalue weighted by Crippen LogP contribution is 2.35. The Morgan fingerprint density at radius 3 is 2.44 bits per heavy atom. The first-order valence-corrected chi connectivity index (χ1v) is 12.4. The van der Waals surface area contributed by atoms with Gasteiger partial charge in [0.15, 0.2) is 15.0 Å². The fourth-order valence-electron chi connectivity index (χ4n) is 3.57. The van der Waals surface area contributed by atoms with Crippen LogP contribution in [-0.4, -0.2) is 56.1 Å². The van der Waals surface area contributed by atoms with Crippen LogP contribution in [0.2, 0.25) is 0 Å². The van der Waals surface area contributed by atoms with E-state index in [0.29, 0.717) is 41.5 Å². The van der Waals surface area contributed by atoms with Gasteiger partial charge in [0.1, 0.15) is 0 Å². The highest BCUT2D eigenvalue weighted by Gasteiger charge is 2.31. The van der Waals surface area contributed by atoms with Gasteiger partial charge in [-0.25, -0.2) is 13.4 Å². The molecule has 0 aliphatic carbocycles. The zero-order chi connectivity index (χ0) is 23.1. The van der Waals surface area contributed by atoms with Crippen molar-refractivity contribution in [2.45, 2.75) is 18.0 Å². The number of aromatic nitrogens is 1. The number of carbonyl (C=O) groups excluding carboxylic acids is 1. The molecular formula is C21H20F3N3O3S2. The standard InChI is InChI=1S/C21H20F3N3O3S2/c1-2-32(29,30)18-6-4-3-5-15(18)19(28)26-9-11-27(12-10-26)20-25-16-8-7-14(21(22,23)24)13-17(16)31-20/h3-8,13H,2,9-12H2,1H3. The molecule has 3 aromatic rings. The van der Waals surface area contributed by atoms with E-state index in [9.17, 15) is 26.4 Å². The molecule has 11 heteroatoms. The van der Waals surface area contributed by atoms with Crippen LogP contribution in [0.25, 0.3) is 10.2 Å². The summed E-state index contributed by atoms with van der Waals surface area (Å²) < 4.78 is 64.1. The second-order valence-corrected chi connectivity index (χ2v) is 10.6. The average molecular weight is 484 g/mol. The molecule has 0 spiro atoms. The minimum Gasteiger partial charge on any atom is -0.345 e. The Hall–Kier alpha value is -2.66. The van der Waals surface area contributed by atoms with Gasteiger partial charge in [-0.3, -0.25) is 4.79 Å². The maximum absolute atomic E-state index is 13.0. The van der Waals surface area contributed by atoms with Crippen LogP contribution in [-0.2, 0) is 16.0 Å². The summed E-state index contributed by atoms with van der Waals surface area (Å²) in [6.45, 7) is 3.12. The van der Waals surface area contributed by atoms with Gasteiger partial charge in [0, 0.05) is 26.2 Å². The van der Waals surface area contributed by atoms with Crippen LogP contribution in [0.5, 0.6) is 0 Å². The topological polar surface area (TPSA) is 70.6 Å². The number of amides is 1. The van der Waals surface area contributed by atoms with Gasteiger partial charge >= 0.3 is 6.18 Å². The van der Waals surface area contributed by atoms with E-state index < -0.39 is 21.6 Å².